The molecule has 2 aromatic rings. The van der Waals surface area contributed by atoms with E-state index >= 15 is 0 Å². The van der Waals surface area contributed by atoms with Crippen molar-refractivity contribution >= 4 is 17.4 Å². The van der Waals surface area contributed by atoms with Crippen molar-refractivity contribution in [2.75, 3.05) is 53.6 Å². The van der Waals surface area contributed by atoms with Crippen molar-refractivity contribution in [3.05, 3.63) is 65.0 Å². The summed E-state index contributed by atoms with van der Waals surface area (Å²) < 4.78 is 30.8. The number of benzene rings is 2. The minimum absolute atomic E-state index is 0.144. The molecule has 2 aromatic carbocycles. The Morgan fingerprint density at radius 2 is 1.76 bits per heavy atom. The smallest absolute Gasteiger partial charge is 0.295 e. The number of carbonyl (C=O) groups excluding carboxylic acids is 2. The van der Waals surface area contributed by atoms with Crippen LogP contribution in [0.5, 0.6) is 11.5 Å². The SMILES string of the molecule is COc1ccc(/C(O)=C2\C(=O)C(=O)N(CCN3CCOCC3)C2c2ccccc2F)cc1OC. The standard InChI is InChI=1S/C25H27FN2O6/c1-32-19-8-7-16(15-20(19)33-2)23(29)21-22(17-5-3-4-6-18(17)26)28(25(31)24(21)30)10-9-27-11-13-34-14-12-27/h3-8,15,22,29H,9-14H2,1-2H3/b23-21+. The molecule has 180 valence electrons. The van der Waals surface area contributed by atoms with Gasteiger partial charge in [0, 0.05) is 37.3 Å². The Kier molecular flexibility index (Phi) is 7.14. The van der Waals surface area contributed by atoms with E-state index in [-0.39, 0.29) is 23.2 Å². The van der Waals surface area contributed by atoms with Gasteiger partial charge in [-0.3, -0.25) is 14.5 Å². The predicted octanol–water partition coefficient (Wildman–Crippen LogP) is 2.60. The van der Waals surface area contributed by atoms with Crippen molar-refractivity contribution in [1.29, 1.82) is 0 Å². The molecule has 0 saturated carbocycles. The number of methoxy groups -OCH3 is 2. The van der Waals surface area contributed by atoms with Crippen molar-refractivity contribution in [2.45, 2.75) is 6.04 Å². The van der Waals surface area contributed by atoms with Crippen LogP contribution in [0, 0.1) is 5.82 Å². The molecule has 4 rings (SSSR count). The first-order chi connectivity index (χ1) is 16.5. The summed E-state index contributed by atoms with van der Waals surface area (Å²) in [5.41, 5.74) is 0.236. The molecule has 9 heteroatoms. The van der Waals surface area contributed by atoms with Crippen LogP contribution >= 0.6 is 0 Å². The summed E-state index contributed by atoms with van der Waals surface area (Å²) in [6.07, 6.45) is 0. The maximum absolute atomic E-state index is 14.9. The van der Waals surface area contributed by atoms with Gasteiger partial charge in [-0.25, -0.2) is 4.39 Å². The molecule has 0 spiro atoms. The average molecular weight is 470 g/mol. The van der Waals surface area contributed by atoms with Crippen LogP contribution < -0.4 is 9.47 Å². The first kappa shape index (κ1) is 23.7. The highest BCUT2D eigenvalue weighted by atomic mass is 19.1. The van der Waals surface area contributed by atoms with Gasteiger partial charge >= 0.3 is 0 Å². The number of carbonyl (C=O) groups is 2. The predicted molar refractivity (Wildman–Crippen MR) is 122 cm³/mol. The third-order valence-corrected chi connectivity index (χ3v) is 6.16. The number of Topliss-reactive ketones (excluding diaryl/α,β-unsaturated/α-hetero) is 1. The molecule has 2 aliphatic rings. The molecule has 0 bridgehead atoms. The normalized spacial score (nSPS) is 20.6. The van der Waals surface area contributed by atoms with Gasteiger partial charge in [-0.1, -0.05) is 18.2 Å². The Balaban J connectivity index is 1.77. The fraction of sp³-hybridized carbons (Fsp3) is 0.360. The lowest BCUT2D eigenvalue weighted by atomic mass is 9.95. The van der Waals surface area contributed by atoms with E-state index in [9.17, 15) is 19.1 Å². The molecule has 0 aromatic heterocycles. The van der Waals surface area contributed by atoms with E-state index < -0.39 is 29.3 Å². The van der Waals surface area contributed by atoms with E-state index in [1.54, 1.807) is 18.2 Å². The Labute approximate surface area is 197 Å². The molecule has 8 nitrogen and oxygen atoms in total. The maximum atomic E-state index is 14.9. The van der Waals surface area contributed by atoms with Gasteiger partial charge in [-0.15, -0.1) is 0 Å². The molecular formula is C25H27FN2O6. The summed E-state index contributed by atoms with van der Waals surface area (Å²) in [6.45, 7) is 3.30. The van der Waals surface area contributed by atoms with E-state index in [1.807, 2.05) is 0 Å². The monoisotopic (exact) mass is 470 g/mol. The van der Waals surface area contributed by atoms with Crippen molar-refractivity contribution in [2.24, 2.45) is 0 Å². The van der Waals surface area contributed by atoms with Crippen LogP contribution in [-0.4, -0.2) is 80.2 Å². The van der Waals surface area contributed by atoms with Gasteiger partial charge in [-0.2, -0.15) is 0 Å². The van der Waals surface area contributed by atoms with E-state index in [1.165, 1.54) is 43.4 Å². The van der Waals surface area contributed by atoms with Crippen LogP contribution in [0.2, 0.25) is 0 Å². The second-order valence-electron chi connectivity index (χ2n) is 8.04. The number of nitrogens with zero attached hydrogens (tertiary/aromatic N) is 2. The zero-order valence-electron chi connectivity index (χ0n) is 19.1. The fourth-order valence-electron chi connectivity index (χ4n) is 4.34. The van der Waals surface area contributed by atoms with Gasteiger partial charge in [-0.05, 0) is 24.3 Å². The third-order valence-electron chi connectivity index (χ3n) is 6.16. The summed E-state index contributed by atoms with van der Waals surface area (Å²) in [7, 11) is 2.93. The van der Waals surface area contributed by atoms with Crippen molar-refractivity contribution in [3.63, 3.8) is 0 Å². The molecular weight excluding hydrogens is 443 g/mol. The lowest BCUT2D eigenvalue weighted by Crippen LogP contribution is -2.42. The summed E-state index contributed by atoms with van der Waals surface area (Å²) in [4.78, 5) is 29.7. The highest BCUT2D eigenvalue weighted by Crippen LogP contribution is 2.41. The van der Waals surface area contributed by atoms with Crippen molar-refractivity contribution in [3.8, 4) is 11.5 Å². The molecule has 0 radical (unpaired) electrons. The number of ketones is 1. The van der Waals surface area contributed by atoms with Crippen LogP contribution in [0.4, 0.5) is 4.39 Å². The number of aliphatic hydroxyl groups excluding tert-OH is 1. The number of ether oxygens (including phenoxy) is 3. The molecule has 2 fully saturated rings. The van der Waals surface area contributed by atoms with Crippen LogP contribution in [0.25, 0.3) is 5.76 Å². The second kappa shape index (κ2) is 10.2. The van der Waals surface area contributed by atoms with Crippen LogP contribution in [-0.2, 0) is 14.3 Å². The number of hydrogen-bond acceptors (Lipinski definition) is 7. The fourth-order valence-corrected chi connectivity index (χ4v) is 4.34. The Bertz CT molecular complexity index is 1110. The maximum Gasteiger partial charge on any atom is 0.295 e. The summed E-state index contributed by atoms with van der Waals surface area (Å²) in [6, 6.07) is 9.55. The van der Waals surface area contributed by atoms with E-state index in [0.717, 1.165) is 0 Å². The molecule has 34 heavy (non-hydrogen) atoms. The number of likely N-dealkylation sites (tertiary alicyclic amines) is 1. The molecule has 1 N–H and O–H groups in total. The minimum Gasteiger partial charge on any atom is -0.507 e. The van der Waals surface area contributed by atoms with E-state index in [0.29, 0.717) is 44.3 Å². The molecule has 1 amide bonds. The number of aliphatic hydroxyl groups is 1. The van der Waals surface area contributed by atoms with Gasteiger partial charge < -0.3 is 24.2 Å². The largest absolute Gasteiger partial charge is 0.507 e. The lowest BCUT2D eigenvalue weighted by molar-refractivity contribution is -0.140. The molecule has 1 atom stereocenters. The van der Waals surface area contributed by atoms with Gasteiger partial charge in [0.15, 0.2) is 11.5 Å². The molecule has 0 aliphatic carbocycles. The number of hydrogen-bond donors (Lipinski definition) is 1. The van der Waals surface area contributed by atoms with Crippen LogP contribution in [0.15, 0.2) is 48.0 Å². The second-order valence-corrected chi connectivity index (χ2v) is 8.04. The Morgan fingerprint density at radius 1 is 1.06 bits per heavy atom. The first-order valence-corrected chi connectivity index (χ1v) is 11.0. The summed E-state index contributed by atoms with van der Waals surface area (Å²) in [5, 5.41) is 11.2. The van der Waals surface area contributed by atoms with Crippen molar-refractivity contribution < 1.29 is 33.3 Å². The number of halogens is 1. The molecule has 2 aliphatic heterocycles. The van der Waals surface area contributed by atoms with Gasteiger partial charge in [0.2, 0.25) is 0 Å². The minimum atomic E-state index is -1.06. The molecule has 2 heterocycles. The van der Waals surface area contributed by atoms with Crippen molar-refractivity contribution in [1.82, 2.24) is 9.80 Å². The number of morpholine rings is 1. The topological polar surface area (TPSA) is 88.5 Å². The van der Waals surface area contributed by atoms with Gasteiger partial charge in [0.05, 0.1) is 39.0 Å². The zero-order valence-corrected chi connectivity index (χ0v) is 19.1. The summed E-state index contributed by atoms with van der Waals surface area (Å²) >= 11 is 0. The zero-order chi connectivity index (χ0) is 24.2. The van der Waals surface area contributed by atoms with Crippen LogP contribution in [0.1, 0.15) is 17.2 Å². The number of amides is 1. The average Bonchev–Trinajstić information content (AvgIpc) is 3.12. The van der Waals surface area contributed by atoms with Gasteiger partial charge in [0.1, 0.15) is 11.6 Å². The van der Waals surface area contributed by atoms with Crippen LogP contribution in [0.3, 0.4) is 0 Å². The molecule has 2 saturated heterocycles. The lowest BCUT2D eigenvalue weighted by Gasteiger charge is -2.31. The van der Waals surface area contributed by atoms with E-state index in [4.69, 9.17) is 14.2 Å². The Hall–Kier alpha value is -3.43. The highest BCUT2D eigenvalue weighted by Gasteiger charge is 2.47. The molecule has 1 unspecified atom stereocenters. The highest BCUT2D eigenvalue weighted by molar-refractivity contribution is 6.46. The first-order valence-electron chi connectivity index (χ1n) is 11.0. The third kappa shape index (κ3) is 4.49. The quantitative estimate of drug-likeness (QED) is 0.378. The van der Waals surface area contributed by atoms with Gasteiger partial charge in [0.25, 0.3) is 11.7 Å². The number of rotatable bonds is 7. The van der Waals surface area contributed by atoms with E-state index in [2.05, 4.69) is 4.90 Å². The Morgan fingerprint density at radius 3 is 2.44 bits per heavy atom. The summed E-state index contributed by atoms with van der Waals surface area (Å²) in [5.74, 6) is -1.82.